The molecule has 0 fully saturated rings. The number of rotatable bonds is 2. The van der Waals surface area contributed by atoms with E-state index < -0.39 is 11.7 Å². The number of aryl methyl sites for hydroxylation is 2. The van der Waals surface area contributed by atoms with Gasteiger partial charge in [-0.3, -0.25) is 4.98 Å². The lowest BCUT2D eigenvalue weighted by Gasteiger charge is -2.02. The van der Waals surface area contributed by atoms with Gasteiger partial charge in [0, 0.05) is 0 Å². The molecule has 2 N–H and O–H groups in total. The van der Waals surface area contributed by atoms with Crippen molar-refractivity contribution in [2.24, 2.45) is 0 Å². The van der Waals surface area contributed by atoms with E-state index in [-0.39, 0.29) is 5.82 Å². The lowest BCUT2D eigenvalue weighted by Crippen LogP contribution is -2.16. The summed E-state index contributed by atoms with van der Waals surface area (Å²) in [5.74, 6) is -1.63. The first-order valence-electron chi connectivity index (χ1n) is 4.98. The molecule has 0 aliphatic rings. The van der Waals surface area contributed by atoms with Crippen LogP contribution in [-0.2, 0) is 0 Å². The SMILES string of the molecule is Cc1cc(C)cc(-n2nc(C(=O)O)[nH]c2=O)c1. The molecule has 0 amide bonds. The smallest absolute Gasteiger partial charge is 0.373 e. The van der Waals surface area contributed by atoms with Crippen molar-refractivity contribution in [2.75, 3.05) is 0 Å². The fourth-order valence-corrected chi connectivity index (χ4v) is 1.67. The molecule has 0 unspecified atom stereocenters. The van der Waals surface area contributed by atoms with Gasteiger partial charge in [0.2, 0.25) is 5.82 Å². The van der Waals surface area contributed by atoms with Crippen molar-refractivity contribution in [2.45, 2.75) is 13.8 Å². The lowest BCUT2D eigenvalue weighted by atomic mass is 10.1. The van der Waals surface area contributed by atoms with Gasteiger partial charge in [-0.2, -0.15) is 4.68 Å². The molecule has 6 nitrogen and oxygen atoms in total. The number of benzene rings is 1. The van der Waals surface area contributed by atoms with E-state index in [1.165, 1.54) is 0 Å². The van der Waals surface area contributed by atoms with Crippen molar-refractivity contribution >= 4 is 5.97 Å². The normalized spacial score (nSPS) is 10.5. The molecule has 2 aromatic rings. The summed E-state index contributed by atoms with van der Waals surface area (Å²) in [6, 6.07) is 5.49. The Hall–Kier alpha value is -2.37. The topological polar surface area (TPSA) is 88.0 Å². The van der Waals surface area contributed by atoms with E-state index in [2.05, 4.69) is 10.1 Å². The Kier molecular flexibility index (Phi) is 2.55. The van der Waals surface area contributed by atoms with E-state index in [0.29, 0.717) is 5.69 Å². The Labute approximate surface area is 96.5 Å². The summed E-state index contributed by atoms with van der Waals surface area (Å²) in [5.41, 5.74) is 1.95. The maximum absolute atomic E-state index is 11.5. The van der Waals surface area contributed by atoms with Crippen LogP contribution in [0.2, 0.25) is 0 Å². The number of hydrogen-bond donors (Lipinski definition) is 2. The minimum Gasteiger partial charge on any atom is -0.475 e. The first-order valence-corrected chi connectivity index (χ1v) is 4.98. The predicted octanol–water partition coefficient (Wildman–Crippen LogP) is 0.876. The van der Waals surface area contributed by atoms with Gasteiger partial charge in [0.25, 0.3) is 0 Å². The Balaban J connectivity index is 2.60. The van der Waals surface area contributed by atoms with Crippen molar-refractivity contribution in [3.8, 4) is 5.69 Å². The summed E-state index contributed by atoms with van der Waals surface area (Å²) >= 11 is 0. The zero-order valence-corrected chi connectivity index (χ0v) is 9.39. The van der Waals surface area contributed by atoms with Gasteiger partial charge in [0.1, 0.15) is 0 Å². The number of hydrogen-bond acceptors (Lipinski definition) is 3. The van der Waals surface area contributed by atoms with Gasteiger partial charge in [-0.15, -0.1) is 5.10 Å². The molecule has 0 spiro atoms. The van der Waals surface area contributed by atoms with Gasteiger partial charge >= 0.3 is 11.7 Å². The fraction of sp³-hybridized carbons (Fsp3) is 0.182. The van der Waals surface area contributed by atoms with Crippen LogP contribution in [0.3, 0.4) is 0 Å². The van der Waals surface area contributed by atoms with Crippen LogP contribution >= 0.6 is 0 Å². The molecule has 88 valence electrons. The quantitative estimate of drug-likeness (QED) is 0.805. The highest BCUT2D eigenvalue weighted by Gasteiger charge is 2.12. The third-order valence-corrected chi connectivity index (χ3v) is 2.27. The first kappa shape index (κ1) is 11.1. The van der Waals surface area contributed by atoms with Crippen molar-refractivity contribution in [1.29, 1.82) is 0 Å². The predicted molar refractivity (Wildman–Crippen MR) is 60.6 cm³/mol. The fourth-order valence-electron chi connectivity index (χ4n) is 1.67. The first-order chi connectivity index (χ1) is 7.97. The molecule has 6 heteroatoms. The lowest BCUT2D eigenvalue weighted by molar-refractivity contribution is 0.0683. The summed E-state index contributed by atoms with van der Waals surface area (Å²) < 4.78 is 1.05. The largest absolute Gasteiger partial charge is 0.475 e. The third kappa shape index (κ3) is 2.10. The maximum Gasteiger partial charge on any atom is 0.373 e. The molecule has 1 aromatic carbocycles. The van der Waals surface area contributed by atoms with Crippen molar-refractivity contribution in [1.82, 2.24) is 14.8 Å². The van der Waals surface area contributed by atoms with Gasteiger partial charge < -0.3 is 5.11 Å². The Bertz CT molecular complexity index is 619. The molecule has 1 heterocycles. The average molecular weight is 233 g/mol. The van der Waals surface area contributed by atoms with E-state index in [4.69, 9.17) is 5.11 Å². The highest BCUT2D eigenvalue weighted by atomic mass is 16.4. The molecule has 0 atom stereocenters. The van der Waals surface area contributed by atoms with E-state index >= 15 is 0 Å². The maximum atomic E-state index is 11.5. The second kappa shape index (κ2) is 3.89. The highest BCUT2D eigenvalue weighted by molar-refractivity contribution is 5.82. The van der Waals surface area contributed by atoms with Gasteiger partial charge in [0.15, 0.2) is 0 Å². The standard InChI is InChI=1S/C11H11N3O3/c1-6-3-7(2)5-8(4-6)14-11(17)12-9(13-14)10(15)16/h3-5H,1-2H3,(H,15,16)(H,12,13,17). The molecular weight excluding hydrogens is 222 g/mol. The van der Waals surface area contributed by atoms with E-state index in [1.807, 2.05) is 19.9 Å². The molecule has 0 saturated carbocycles. The van der Waals surface area contributed by atoms with Gasteiger partial charge in [0.05, 0.1) is 5.69 Å². The van der Waals surface area contributed by atoms with Gasteiger partial charge in [-0.05, 0) is 37.1 Å². The van der Waals surface area contributed by atoms with Crippen LogP contribution in [0, 0.1) is 13.8 Å². The van der Waals surface area contributed by atoms with Gasteiger partial charge in [-0.25, -0.2) is 9.59 Å². The van der Waals surface area contributed by atoms with Crippen molar-refractivity contribution in [3.63, 3.8) is 0 Å². The molecule has 1 aromatic heterocycles. The number of aromatic carboxylic acids is 1. The molecule has 0 saturated heterocycles. The molecular formula is C11H11N3O3. The van der Waals surface area contributed by atoms with Gasteiger partial charge in [-0.1, -0.05) is 6.07 Å². The minimum absolute atomic E-state index is 0.367. The number of aromatic nitrogens is 3. The van der Waals surface area contributed by atoms with Crippen LogP contribution in [0.15, 0.2) is 23.0 Å². The zero-order valence-electron chi connectivity index (χ0n) is 9.39. The Morgan fingerprint density at radius 2 is 1.88 bits per heavy atom. The summed E-state index contributed by atoms with van der Waals surface area (Å²) in [7, 11) is 0. The van der Waals surface area contributed by atoms with Crippen LogP contribution in [0.25, 0.3) is 5.69 Å². The Morgan fingerprint density at radius 1 is 1.29 bits per heavy atom. The van der Waals surface area contributed by atoms with E-state index in [0.717, 1.165) is 15.8 Å². The Morgan fingerprint density at radius 3 is 2.35 bits per heavy atom. The van der Waals surface area contributed by atoms with Crippen LogP contribution in [0.1, 0.15) is 21.7 Å². The molecule has 0 aliphatic heterocycles. The van der Waals surface area contributed by atoms with Crippen LogP contribution in [0.4, 0.5) is 0 Å². The molecule has 0 radical (unpaired) electrons. The molecule has 0 aliphatic carbocycles. The summed E-state index contributed by atoms with van der Waals surface area (Å²) in [6.07, 6.45) is 0. The van der Waals surface area contributed by atoms with Crippen LogP contribution in [0.5, 0.6) is 0 Å². The average Bonchev–Trinajstić information content (AvgIpc) is 2.59. The number of carboxylic acid groups (broad SMARTS) is 1. The molecule has 17 heavy (non-hydrogen) atoms. The zero-order chi connectivity index (χ0) is 12.6. The minimum atomic E-state index is -1.26. The third-order valence-electron chi connectivity index (χ3n) is 2.27. The molecule has 0 bridgehead atoms. The summed E-state index contributed by atoms with van der Waals surface area (Å²) in [5, 5.41) is 12.4. The number of aromatic amines is 1. The second-order valence-corrected chi connectivity index (χ2v) is 3.84. The number of H-pyrrole nitrogens is 1. The van der Waals surface area contributed by atoms with E-state index in [1.54, 1.807) is 12.1 Å². The van der Waals surface area contributed by atoms with Crippen molar-refractivity contribution < 1.29 is 9.90 Å². The monoisotopic (exact) mass is 233 g/mol. The number of carboxylic acids is 1. The van der Waals surface area contributed by atoms with Crippen LogP contribution < -0.4 is 5.69 Å². The highest BCUT2D eigenvalue weighted by Crippen LogP contribution is 2.11. The van der Waals surface area contributed by atoms with Crippen molar-refractivity contribution in [3.05, 3.63) is 45.6 Å². The summed E-state index contributed by atoms with van der Waals surface area (Å²) in [4.78, 5) is 24.4. The number of nitrogens with zero attached hydrogens (tertiary/aromatic N) is 2. The summed E-state index contributed by atoms with van der Waals surface area (Å²) in [6.45, 7) is 3.79. The molecule has 2 rings (SSSR count). The van der Waals surface area contributed by atoms with Crippen LogP contribution in [-0.4, -0.2) is 25.8 Å². The number of carbonyl (C=O) groups is 1. The number of nitrogens with one attached hydrogen (secondary N) is 1. The second-order valence-electron chi connectivity index (χ2n) is 3.84. The van der Waals surface area contributed by atoms with E-state index in [9.17, 15) is 9.59 Å².